The molecule has 2 N–H and O–H groups in total. The molecule has 0 aliphatic rings. The lowest BCUT2D eigenvalue weighted by Crippen LogP contribution is -2.29. The van der Waals surface area contributed by atoms with Crippen LogP contribution in [-0.2, 0) is 10.0 Å². The molecule has 1 rings (SSSR count). The third-order valence-electron chi connectivity index (χ3n) is 5.52. The molecule has 0 fully saturated rings. The van der Waals surface area contributed by atoms with E-state index >= 15 is 0 Å². The van der Waals surface area contributed by atoms with Crippen molar-refractivity contribution in [3.05, 3.63) is 23.2 Å². The van der Waals surface area contributed by atoms with E-state index < -0.39 is 10.0 Å². The normalized spacial score (nSPS) is 11.7. The van der Waals surface area contributed by atoms with Crippen LogP contribution in [0.15, 0.2) is 18.2 Å². The number of sulfonamides is 1. The Morgan fingerprint density at radius 2 is 1.28 bits per heavy atom. The number of rotatable bonds is 17. The van der Waals surface area contributed by atoms with Crippen molar-refractivity contribution < 1.29 is 8.42 Å². The van der Waals surface area contributed by atoms with Gasteiger partial charge in [-0.05, 0) is 24.6 Å². The van der Waals surface area contributed by atoms with Crippen LogP contribution < -0.4 is 10.0 Å². The van der Waals surface area contributed by atoms with Crippen molar-refractivity contribution in [1.29, 1.82) is 0 Å². The monoisotopic (exact) mass is 444 g/mol. The summed E-state index contributed by atoms with van der Waals surface area (Å²) in [5.74, 6) is 0.171. The van der Waals surface area contributed by atoms with Crippen molar-refractivity contribution in [3.8, 4) is 0 Å². The molecule has 29 heavy (non-hydrogen) atoms. The first kappa shape index (κ1) is 26.1. The number of nitrogens with two attached hydrogens (primary N) is 1. The number of nitrogens with zero attached hydrogens (tertiary/aromatic N) is 1. The van der Waals surface area contributed by atoms with E-state index in [0.29, 0.717) is 22.8 Å². The fourth-order valence-corrected chi connectivity index (χ4v) is 4.90. The molecule has 0 aromatic heterocycles. The van der Waals surface area contributed by atoms with Crippen molar-refractivity contribution in [2.75, 3.05) is 22.8 Å². The summed E-state index contributed by atoms with van der Waals surface area (Å²) in [6, 6.07) is 4.91. The summed E-state index contributed by atoms with van der Waals surface area (Å²) in [7, 11) is -1.75. The summed E-state index contributed by atoms with van der Waals surface area (Å²) in [4.78, 5) is 0. The predicted octanol–water partition coefficient (Wildman–Crippen LogP) is 7.17. The molecule has 168 valence electrons. The maximum Gasteiger partial charge on any atom is 0.234 e. The number of hydrogen-bond donors (Lipinski definition) is 1. The van der Waals surface area contributed by atoms with Crippen LogP contribution in [0.3, 0.4) is 0 Å². The van der Waals surface area contributed by atoms with Crippen molar-refractivity contribution >= 4 is 33.0 Å². The summed E-state index contributed by atoms with van der Waals surface area (Å²) in [6.45, 7) is 2.26. The van der Waals surface area contributed by atoms with Crippen molar-refractivity contribution in [2.45, 2.75) is 96.8 Å². The Labute approximate surface area is 184 Å². The van der Waals surface area contributed by atoms with Crippen molar-refractivity contribution in [1.82, 2.24) is 0 Å². The lowest BCUT2D eigenvalue weighted by molar-refractivity contribution is 0.537. The summed E-state index contributed by atoms with van der Waals surface area (Å²) >= 11 is 5.91. The van der Waals surface area contributed by atoms with Crippen molar-refractivity contribution in [2.24, 2.45) is 0 Å². The molecule has 0 aliphatic carbocycles. The van der Waals surface area contributed by atoms with Gasteiger partial charge in [-0.25, -0.2) is 8.42 Å². The Morgan fingerprint density at radius 1 is 0.828 bits per heavy atom. The molecule has 6 heteroatoms. The lowest BCUT2D eigenvalue weighted by atomic mass is 10.0. The van der Waals surface area contributed by atoms with E-state index in [1.807, 2.05) is 0 Å². The molecule has 0 aliphatic heterocycles. The van der Waals surface area contributed by atoms with E-state index in [1.54, 1.807) is 25.2 Å². The van der Waals surface area contributed by atoms with E-state index in [1.165, 1.54) is 74.9 Å². The standard InChI is InChI=1S/C23H41ClN2O2S/c1-3-4-5-6-7-8-9-10-11-12-13-14-15-16-19-29(27,28)26(2)21-17-18-22(24)23(25)20-21/h17-18,20H,3-16,19,25H2,1-2H3. The Morgan fingerprint density at radius 3 is 1.72 bits per heavy atom. The molecular weight excluding hydrogens is 404 g/mol. The third-order valence-corrected chi connectivity index (χ3v) is 7.71. The van der Waals surface area contributed by atoms with Crippen molar-refractivity contribution in [3.63, 3.8) is 0 Å². The van der Waals surface area contributed by atoms with Crippen LogP contribution in [0, 0.1) is 0 Å². The maximum atomic E-state index is 12.5. The summed E-state index contributed by atoms with van der Waals surface area (Å²) in [5, 5.41) is 0.437. The second kappa shape index (κ2) is 15.0. The average Bonchev–Trinajstić information content (AvgIpc) is 2.69. The predicted molar refractivity (Wildman–Crippen MR) is 128 cm³/mol. The van der Waals surface area contributed by atoms with Crippen LogP contribution in [0.2, 0.25) is 5.02 Å². The molecule has 0 saturated carbocycles. The Bertz CT molecular complexity index is 665. The summed E-state index contributed by atoms with van der Waals surface area (Å²) in [6.07, 6.45) is 17.6. The zero-order valence-corrected chi connectivity index (χ0v) is 20.0. The largest absolute Gasteiger partial charge is 0.397 e. The van der Waals surface area contributed by atoms with Gasteiger partial charge in [0.15, 0.2) is 0 Å². The summed E-state index contributed by atoms with van der Waals surface area (Å²) < 4.78 is 26.3. The molecular formula is C23H41ClN2O2S. The second-order valence-corrected chi connectivity index (χ2v) is 10.6. The average molecular weight is 445 g/mol. The van der Waals surface area contributed by atoms with E-state index in [2.05, 4.69) is 6.92 Å². The molecule has 0 spiro atoms. The molecule has 0 heterocycles. The minimum absolute atomic E-state index is 0.171. The number of hydrogen-bond acceptors (Lipinski definition) is 3. The molecule has 0 saturated heterocycles. The quantitative estimate of drug-likeness (QED) is 0.204. The van der Waals surface area contributed by atoms with Gasteiger partial charge < -0.3 is 5.73 Å². The van der Waals surface area contributed by atoms with Gasteiger partial charge in [0.05, 0.1) is 22.2 Å². The van der Waals surface area contributed by atoms with Crippen LogP contribution in [0.5, 0.6) is 0 Å². The molecule has 4 nitrogen and oxygen atoms in total. The van der Waals surface area contributed by atoms with Crippen LogP contribution in [0.1, 0.15) is 96.8 Å². The highest BCUT2D eigenvalue weighted by Gasteiger charge is 2.18. The highest BCUT2D eigenvalue weighted by atomic mass is 35.5. The molecule has 0 amide bonds. The van der Waals surface area contributed by atoms with E-state index in [9.17, 15) is 8.42 Å². The first-order valence-corrected chi connectivity index (χ1v) is 13.4. The van der Waals surface area contributed by atoms with Gasteiger partial charge in [0.1, 0.15) is 0 Å². The van der Waals surface area contributed by atoms with Gasteiger partial charge in [-0.1, -0.05) is 102 Å². The Hall–Kier alpha value is -0.940. The third kappa shape index (κ3) is 11.1. The van der Waals surface area contributed by atoms with Gasteiger partial charge in [-0.2, -0.15) is 0 Å². The van der Waals surface area contributed by atoms with Gasteiger partial charge >= 0.3 is 0 Å². The zero-order valence-electron chi connectivity index (χ0n) is 18.5. The smallest absolute Gasteiger partial charge is 0.234 e. The van der Waals surface area contributed by atoms with E-state index in [4.69, 9.17) is 17.3 Å². The number of benzene rings is 1. The van der Waals surface area contributed by atoms with E-state index in [-0.39, 0.29) is 5.75 Å². The minimum atomic E-state index is -3.32. The van der Waals surface area contributed by atoms with Gasteiger partial charge in [-0.3, -0.25) is 4.31 Å². The topological polar surface area (TPSA) is 63.4 Å². The Kier molecular flexibility index (Phi) is 13.5. The Balaban J connectivity index is 2.07. The number of anilines is 2. The minimum Gasteiger partial charge on any atom is -0.397 e. The highest BCUT2D eigenvalue weighted by Crippen LogP contribution is 2.26. The SMILES string of the molecule is CCCCCCCCCCCCCCCCS(=O)(=O)N(C)c1ccc(Cl)c(N)c1. The summed E-state index contributed by atoms with van der Waals surface area (Å²) in [5.41, 5.74) is 6.72. The molecule has 1 aromatic carbocycles. The lowest BCUT2D eigenvalue weighted by Gasteiger charge is -2.20. The zero-order chi connectivity index (χ0) is 21.5. The molecule has 0 bridgehead atoms. The fourth-order valence-electron chi connectivity index (χ4n) is 3.50. The van der Waals surface area contributed by atoms with Gasteiger partial charge in [-0.15, -0.1) is 0 Å². The first-order valence-electron chi connectivity index (χ1n) is 11.4. The number of unbranched alkanes of at least 4 members (excludes halogenated alkanes) is 13. The van der Waals surface area contributed by atoms with Crippen LogP contribution in [0.4, 0.5) is 11.4 Å². The fraction of sp³-hybridized carbons (Fsp3) is 0.739. The maximum absolute atomic E-state index is 12.5. The van der Waals surface area contributed by atoms with Gasteiger partial charge in [0.25, 0.3) is 0 Å². The number of nitrogen functional groups attached to an aromatic ring is 1. The van der Waals surface area contributed by atoms with E-state index in [0.717, 1.165) is 12.8 Å². The first-order chi connectivity index (χ1) is 13.9. The molecule has 0 unspecified atom stereocenters. The highest BCUT2D eigenvalue weighted by molar-refractivity contribution is 7.92. The second-order valence-electron chi connectivity index (χ2n) is 8.09. The van der Waals surface area contributed by atoms with Crippen LogP contribution in [0.25, 0.3) is 0 Å². The van der Waals surface area contributed by atoms with Crippen LogP contribution in [-0.4, -0.2) is 21.2 Å². The molecule has 0 radical (unpaired) electrons. The van der Waals surface area contributed by atoms with Gasteiger partial charge in [0.2, 0.25) is 10.0 Å². The van der Waals surface area contributed by atoms with Gasteiger partial charge in [0, 0.05) is 7.05 Å². The number of halogens is 1. The van der Waals surface area contributed by atoms with Crippen LogP contribution >= 0.6 is 11.6 Å². The molecule has 1 aromatic rings. The molecule has 0 atom stereocenters.